The summed E-state index contributed by atoms with van der Waals surface area (Å²) < 4.78 is 18.8. The average Bonchev–Trinajstić information content (AvgIpc) is 3.04. The van der Waals surface area contributed by atoms with E-state index >= 15 is 0 Å². The molecule has 41 heavy (non-hydrogen) atoms. The molecule has 7 heteroatoms. The molecule has 0 unspecified atom stereocenters. The molecule has 0 aliphatic rings. The van der Waals surface area contributed by atoms with E-state index in [0.717, 1.165) is 22.3 Å². The Labute approximate surface area is 239 Å². The molecule has 0 spiro atoms. The summed E-state index contributed by atoms with van der Waals surface area (Å²) in [6.07, 6.45) is 4.85. The number of carbonyl (C=O) groups excluding carboxylic acids is 1. The molecule has 0 atom stereocenters. The average molecular weight is 544 g/mol. The minimum Gasteiger partial charge on any atom is -0.485 e. The third kappa shape index (κ3) is 8.03. The van der Waals surface area contributed by atoms with Crippen LogP contribution >= 0.6 is 0 Å². The first-order chi connectivity index (χ1) is 20.2. The molecule has 0 aliphatic heterocycles. The summed E-state index contributed by atoms with van der Waals surface area (Å²) in [5, 5.41) is 4.09. The second-order valence-corrected chi connectivity index (χ2v) is 9.11. The van der Waals surface area contributed by atoms with Crippen molar-refractivity contribution in [2.24, 2.45) is 5.10 Å². The van der Waals surface area contributed by atoms with E-state index in [4.69, 9.17) is 14.2 Å². The fourth-order valence-electron chi connectivity index (χ4n) is 3.95. The van der Waals surface area contributed by atoms with E-state index in [0.29, 0.717) is 29.4 Å². The number of hydrazone groups is 1. The number of nitrogens with zero attached hydrogens (tertiary/aromatic N) is 2. The molecule has 4 aromatic carbocycles. The first-order valence-corrected chi connectivity index (χ1v) is 13.2. The van der Waals surface area contributed by atoms with Gasteiger partial charge in [-0.15, -0.1) is 0 Å². The number of carbonyl (C=O) groups is 1. The van der Waals surface area contributed by atoms with Crippen LogP contribution in [-0.2, 0) is 19.8 Å². The van der Waals surface area contributed by atoms with Crippen LogP contribution in [0, 0.1) is 0 Å². The largest absolute Gasteiger partial charge is 0.485 e. The summed E-state index contributed by atoms with van der Waals surface area (Å²) in [5.74, 6) is 0.762. The molecular formula is C34H29N3O4. The monoisotopic (exact) mass is 543 g/mol. The summed E-state index contributed by atoms with van der Waals surface area (Å²) in [4.78, 5) is 17.2. The highest BCUT2D eigenvalue weighted by atomic mass is 16.5. The van der Waals surface area contributed by atoms with Crippen LogP contribution in [0.5, 0.6) is 17.2 Å². The van der Waals surface area contributed by atoms with Gasteiger partial charge in [0.2, 0.25) is 5.75 Å². The lowest BCUT2D eigenvalue weighted by molar-refractivity contribution is 0.0953. The molecular weight excluding hydrogens is 514 g/mol. The first kappa shape index (κ1) is 27.1. The zero-order chi connectivity index (χ0) is 28.1. The van der Waals surface area contributed by atoms with Crippen molar-refractivity contribution in [1.29, 1.82) is 0 Å². The Balaban J connectivity index is 1.45. The molecule has 0 saturated heterocycles. The topological polar surface area (TPSA) is 82.0 Å². The van der Waals surface area contributed by atoms with Crippen molar-refractivity contribution in [2.75, 3.05) is 0 Å². The maximum Gasteiger partial charge on any atom is 0.271 e. The van der Waals surface area contributed by atoms with Crippen molar-refractivity contribution in [3.63, 3.8) is 0 Å². The molecule has 0 saturated carbocycles. The maximum atomic E-state index is 13.2. The van der Waals surface area contributed by atoms with Gasteiger partial charge in [-0.1, -0.05) is 97.1 Å². The number of hydrogen-bond acceptors (Lipinski definition) is 6. The summed E-state index contributed by atoms with van der Waals surface area (Å²) in [7, 11) is 0. The minimum atomic E-state index is -0.422. The van der Waals surface area contributed by atoms with E-state index < -0.39 is 5.91 Å². The Hall–Kier alpha value is -5.43. The molecule has 7 nitrogen and oxygen atoms in total. The third-order valence-electron chi connectivity index (χ3n) is 6.05. The lowest BCUT2D eigenvalue weighted by atomic mass is 10.1. The van der Waals surface area contributed by atoms with Crippen molar-refractivity contribution in [3.05, 3.63) is 155 Å². The van der Waals surface area contributed by atoms with Gasteiger partial charge in [0.25, 0.3) is 5.91 Å². The molecule has 1 heterocycles. The molecule has 0 radical (unpaired) electrons. The van der Waals surface area contributed by atoms with Crippen molar-refractivity contribution in [2.45, 2.75) is 19.8 Å². The number of ether oxygens (including phenoxy) is 3. The van der Waals surface area contributed by atoms with E-state index in [9.17, 15) is 4.79 Å². The van der Waals surface area contributed by atoms with Gasteiger partial charge in [-0.25, -0.2) is 5.43 Å². The highest BCUT2D eigenvalue weighted by Crippen LogP contribution is 2.40. The van der Waals surface area contributed by atoms with Crippen LogP contribution in [0.2, 0.25) is 0 Å². The quantitative estimate of drug-likeness (QED) is 0.142. The highest BCUT2D eigenvalue weighted by molar-refractivity contribution is 5.96. The number of rotatable bonds is 12. The van der Waals surface area contributed by atoms with Crippen LogP contribution in [0.3, 0.4) is 0 Å². The van der Waals surface area contributed by atoms with Crippen LogP contribution in [-0.4, -0.2) is 17.1 Å². The van der Waals surface area contributed by atoms with Gasteiger partial charge in [-0.2, -0.15) is 5.10 Å². The first-order valence-electron chi connectivity index (χ1n) is 13.2. The molecule has 0 fully saturated rings. The van der Waals surface area contributed by atoms with Crippen LogP contribution in [0.25, 0.3) is 0 Å². The zero-order valence-electron chi connectivity index (χ0n) is 22.4. The van der Waals surface area contributed by atoms with Crippen molar-refractivity contribution in [1.82, 2.24) is 10.4 Å². The summed E-state index contributed by atoms with van der Waals surface area (Å²) in [6, 6.07) is 36.3. The summed E-state index contributed by atoms with van der Waals surface area (Å²) in [6.45, 7) is 0.862. The van der Waals surface area contributed by atoms with Gasteiger partial charge < -0.3 is 14.2 Å². The van der Waals surface area contributed by atoms with Gasteiger partial charge in [-0.3, -0.25) is 9.78 Å². The molecule has 5 rings (SSSR count). The smallest absolute Gasteiger partial charge is 0.271 e. The number of aromatic nitrogens is 1. The van der Waals surface area contributed by atoms with E-state index in [1.807, 2.05) is 97.1 Å². The Morgan fingerprint density at radius 1 is 0.683 bits per heavy atom. The minimum absolute atomic E-state index is 0.283. The predicted molar refractivity (Wildman–Crippen MR) is 158 cm³/mol. The Morgan fingerprint density at radius 2 is 1.20 bits per heavy atom. The Kier molecular flexibility index (Phi) is 9.33. The number of pyridine rings is 1. The van der Waals surface area contributed by atoms with E-state index in [2.05, 4.69) is 15.5 Å². The molecule has 1 N–H and O–H groups in total. The molecule has 0 aliphatic carbocycles. The van der Waals surface area contributed by atoms with Crippen LogP contribution in [0.15, 0.2) is 133 Å². The number of benzene rings is 4. The molecule has 1 aromatic heterocycles. The van der Waals surface area contributed by atoms with Crippen LogP contribution in [0.1, 0.15) is 32.6 Å². The maximum absolute atomic E-state index is 13.2. The third-order valence-corrected chi connectivity index (χ3v) is 6.05. The second kappa shape index (κ2) is 14.1. The lowest BCUT2D eigenvalue weighted by Gasteiger charge is -2.19. The lowest BCUT2D eigenvalue weighted by Crippen LogP contribution is -2.18. The standard InChI is InChI=1S/C34H29N3O4/c38-34(37-36-22-29-17-10-18-35-21-29)30-19-31(39-23-26-11-4-1-5-12-26)33(41-25-28-15-8-3-9-16-28)32(20-30)40-24-27-13-6-2-7-14-27/h1-22H,23-25H2,(H,37,38). The van der Waals surface area contributed by atoms with Crippen molar-refractivity contribution < 1.29 is 19.0 Å². The van der Waals surface area contributed by atoms with Crippen molar-refractivity contribution in [3.8, 4) is 17.2 Å². The second-order valence-electron chi connectivity index (χ2n) is 9.11. The van der Waals surface area contributed by atoms with Crippen LogP contribution < -0.4 is 19.6 Å². The molecule has 1 amide bonds. The molecule has 204 valence electrons. The number of nitrogens with one attached hydrogen (secondary N) is 1. The van der Waals surface area contributed by atoms with Gasteiger partial charge >= 0.3 is 0 Å². The summed E-state index contributed by atoms with van der Waals surface area (Å²) >= 11 is 0. The highest BCUT2D eigenvalue weighted by Gasteiger charge is 2.20. The van der Waals surface area contributed by atoms with Gasteiger partial charge in [0.1, 0.15) is 19.8 Å². The Bertz CT molecular complexity index is 1500. The summed E-state index contributed by atoms with van der Waals surface area (Å²) in [5.41, 5.74) is 6.59. The fourth-order valence-corrected chi connectivity index (χ4v) is 3.95. The Morgan fingerprint density at radius 3 is 1.68 bits per heavy atom. The SMILES string of the molecule is O=C(NN=Cc1cccnc1)c1cc(OCc2ccccc2)c(OCc2ccccc2)c(OCc2ccccc2)c1. The fraction of sp³-hybridized carbons (Fsp3) is 0.0882. The van der Waals surface area contributed by atoms with Crippen LogP contribution in [0.4, 0.5) is 0 Å². The molecule has 0 bridgehead atoms. The van der Waals surface area contributed by atoms with E-state index in [1.165, 1.54) is 6.21 Å². The van der Waals surface area contributed by atoms with E-state index in [1.54, 1.807) is 30.6 Å². The predicted octanol–water partition coefficient (Wildman–Crippen LogP) is 6.58. The van der Waals surface area contributed by atoms with E-state index in [-0.39, 0.29) is 13.2 Å². The van der Waals surface area contributed by atoms with Gasteiger partial charge in [0, 0.05) is 23.5 Å². The normalized spacial score (nSPS) is 10.7. The zero-order valence-corrected chi connectivity index (χ0v) is 22.4. The van der Waals surface area contributed by atoms with Gasteiger partial charge in [0.05, 0.1) is 6.21 Å². The number of hydrogen-bond donors (Lipinski definition) is 1. The van der Waals surface area contributed by atoms with Gasteiger partial charge in [0.15, 0.2) is 11.5 Å². The number of amides is 1. The van der Waals surface area contributed by atoms with Crippen molar-refractivity contribution >= 4 is 12.1 Å². The molecule has 5 aromatic rings. The van der Waals surface area contributed by atoms with Gasteiger partial charge in [-0.05, 0) is 34.9 Å².